The van der Waals surface area contributed by atoms with Crippen LogP contribution in [0.15, 0.2) is 73.1 Å². The van der Waals surface area contributed by atoms with Crippen LogP contribution in [0.25, 0.3) is 11.1 Å². The number of rotatable bonds is 8. The summed E-state index contributed by atoms with van der Waals surface area (Å²) < 4.78 is 5.53. The Bertz CT molecular complexity index is 1050. The number of aromatic nitrogens is 1. The molecule has 5 nitrogen and oxygen atoms in total. The highest BCUT2D eigenvalue weighted by Gasteiger charge is 2.44. The zero-order valence-electron chi connectivity index (χ0n) is 18.9. The molecule has 1 aliphatic rings. The van der Waals surface area contributed by atoms with Crippen molar-refractivity contribution < 1.29 is 9.53 Å². The van der Waals surface area contributed by atoms with Gasteiger partial charge in [-0.15, -0.1) is 0 Å². The fourth-order valence-electron chi connectivity index (χ4n) is 4.71. The average molecular weight is 430 g/mol. The van der Waals surface area contributed by atoms with E-state index in [9.17, 15) is 4.79 Å². The van der Waals surface area contributed by atoms with Gasteiger partial charge in [0, 0.05) is 37.6 Å². The van der Waals surface area contributed by atoms with E-state index in [2.05, 4.69) is 51.6 Å². The molecule has 1 aromatic heterocycles. The predicted molar refractivity (Wildman–Crippen MR) is 127 cm³/mol. The lowest BCUT2D eigenvalue weighted by molar-refractivity contribution is -0.130. The van der Waals surface area contributed by atoms with Crippen LogP contribution in [0.3, 0.4) is 0 Å². The molecular weight excluding hydrogens is 398 g/mol. The third kappa shape index (κ3) is 4.83. The first kappa shape index (κ1) is 22.0. The molecule has 0 spiro atoms. The van der Waals surface area contributed by atoms with E-state index in [0.717, 1.165) is 54.9 Å². The second-order valence-electron chi connectivity index (χ2n) is 8.53. The summed E-state index contributed by atoms with van der Waals surface area (Å²) in [6, 6.07) is 20.6. The molecule has 166 valence electrons. The molecule has 2 heterocycles. The van der Waals surface area contributed by atoms with E-state index in [0.29, 0.717) is 6.54 Å². The van der Waals surface area contributed by atoms with Crippen molar-refractivity contribution >= 4 is 5.91 Å². The topological polar surface area (TPSA) is 54.5 Å². The van der Waals surface area contributed by atoms with E-state index in [1.54, 1.807) is 13.3 Å². The fraction of sp³-hybridized carbons (Fsp3) is 0.333. The monoisotopic (exact) mass is 429 g/mol. The smallest absolute Gasteiger partial charge is 0.227 e. The number of ether oxygens (including phenoxy) is 1. The van der Waals surface area contributed by atoms with Crippen LogP contribution in [0, 0.1) is 5.41 Å². The second kappa shape index (κ2) is 9.96. The van der Waals surface area contributed by atoms with Crippen LogP contribution in [0.2, 0.25) is 0 Å². The maximum absolute atomic E-state index is 13.3. The highest BCUT2D eigenvalue weighted by molar-refractivity contribution is 5.83. The number of hydrogen-bond donors (Lipinski definition) is 1. The van der Waals surface area contributed by atoms with Crippen molar-refractivity contribution in [3.05, 3.63) is 84.2 Å². The lowest BCUT2D eigenvalue weighted by Gasteiger charge is -2.29. The third-order valence-corrected chi connectivity index (χ3v) is 6.30. The Kier molecular flexibility index (Phi) is 6.86. The lowest BCUT2D eigenvalue weighted by atomic mass is 9.79. The van der Waals surface area contributed by atoms with Gasteiger partial charge in [-0.25, -0.2) is 0 Å². The normalized spacial score (nSPS) is 18.4. The molecule has 4 rings (SSSR count). The van der Waals surface area contributed by atoms with Crippen molar-refractivity contribution in [1.82, 2.24) is 15.2 Å². The minimum atomic E-state index is -0.439. The Balaban J connectivity index is 1.56. The van der Waals surface area contributed by atoms with Gasteiger partial charge in [-0.2, -0.15) is 0 Å². The number of nitrogens with zero attached hydrogens (tertiary/aromatic N) is 2. The van der Waals surface area contributed by atoms with Crippen LogP contribution in [0.1, 0.15) is 24.5 Å². The lowest BCUT2D eigenvalue weighted by Crippen LogP contribution is -2.44. The molecule has 1 N–H and O–H groups in total. The van der Waals surface area contributed by atoms with Gasteiger partial charge in [0.1, 0.15) is 5.75 Å². The maximum atomic E-state index is 13.3. The zero-order valence-corrected chi connectivity index (χ0v) is 18.9. The minimum absolute atomic E-state index is 0.148. The molecule has 1 fully saturated rings. The van der Waals surface area contributed by atoms with Crippen molar-refractivity contribution in [1.29, 1.82) is 0 Å². The van der Waals surface area contributed by atoms with Gasteiger partial charge in [-0.1, -0.05) is 48.5 Å². The van der Waals surface area contributed by atoms with Gasteiger partial charge in [0.25, 0.3) is 0 Å². The summed E-state index contributed by atoms with van der Waals surface area (Å²) in [5.74, 6) is 1.04. The molecule has 1 saturated heterocycles. The molecule has 1 amide bonds. The van der Waals surface area contributed by atoms with Gasteiger partial charge in [-0.05, 0) is 55.1 Å². The summed E-state index contributed by atoms with van der Waals surface area (Å²) in [5, 5.41) is 3.10. The summed E-state index contributed by atoms with van der Waals surface area (Å²) in [6.45, 7) is 5.02. The largest absolute Gasteiger partial charge is 0.496 e. The van der Waals surface area contributed by atoms with Crippen LogP contribution in [0.5, 0.6) is 5.75 Å². The molecular formula is C27H31N3O2. The van der Waals surface area contributed by atoms with Crippen molar-refractivity contribution in [2.45, 2.75) is 26.3 Å². The molecule has 3 aromatic rings. The highest BCUT2D eigenvalue weighted by atomic mass is 16.5. The Morgan fingerprint density at radius 3 is 2.75 bits per heavy atom. The Hall–Kier alpha value is -3.18. The molecule has 5 heteroatoms. The first-order chi connectivity index (χ1) is 15.6. The van der Waals surface area contributed by atoms with Crippen LogP contribution < -0.4 is 10.1 Å². The number of likely N-dealkylation sites (tertiary alicyclic amines) is 1. The minimum Gasteiger partial charge on any atom is -0.496 e. The number of methoxy groups -OCH3 is 1. The van der Waals surface area contributed by atoms with Gasteiger partial charge in [0.05, 0.1) is 12.5 Å². The van der Waals surface area contributed by atoms with Gasteiger partial charge >= 0.3 is 0 Å². The molecule has 32 heavy (non-hydrogen) atoms. The fourth-order valence-corrected chi connectivity index (χ4v) is 4.71. The number of carbonyl (C=O) groups is 1. The summed E-state index contributed by atoms with van der Waals surface area (Å²) in [6.07, 6.45) is 5.22. The van der Waals surface area contributed by atoms with E-state index in [1.807, 2.05) is 37.4 Å². The first-order valence-corrected chi connectivity index (χ1v) is 11.3. The first-order valence-electron chi connectivity index (χ1n) is 11.3. The predicted octanol–water partition coefficient (Wildman–Crippen LogP) is 4.33. The summed E-state index contributed by atoms with van der Waals surface area (Å²) in [4.78, 5) is 19.9. The number of nitrogens with one attached hydrogen (secondary N) is 1. The van der Waals surface area contributed by atoms with Crippen molar-refractivity contribution in [3.8, 4) is 16.9 Å². The van der Waals surface area contributed by atoms with Gasteiger partial charge < -0.3 is 10.1 Å². The second-order valence-corrected chi connectivity index (χ2v) is 8.53. The van der Waals surface area contributed by atoms with E-state index in [4.69, 9.17) is 4.74 Å². The standard InChI is InChI=1S/C27H31N3O2/c1-3-29-26(31)27(13-15-30(20-27)19-24-9-4-5-12-25(24)32-2)17-21-8-6-10-22(16-21)23-11-7-14-28-18-23/h4-12,14,16,18H,3,13,15,17,19-20H2,1-2H3,(H,29,31). The van der Waals surface area contributed by atoms with Crippen LogP contribution >= 0.6 is 0 Å². The van der Waals surface area contributed by atoms with Crippen molar-refractivity contribution in [2.24, 2.45) is 5.41 Å². The summed E-state index contributed by atoms with van der Waals surface area (Å²) in [5.41, 5.74) is 4.11. The molecule has 2 aromatic carbocycles. The molecule has 1 unspecified atom stereocenters. The van der Waals surface area contributed by atoms with E-state index >= 15 is 0 Å². The molecule has 1 aliphatic heterocycles. The Morgan fingerprint density at radius 2 is 1.97 bits per heavy atom. The molecule has 0 bridgehead atoms. The van der Waals surface area contributed by atoms with Crippen molar-refractivity contribution in [2.75, 3.05) is 26.7 Å². The van der Waals surface area contributed by atoms with Crippen molar-refractivity contribution in [3.63, 3.8) is 0 Å². The highest BCUT2D eigenvalue weighted by Crippen LogP contribution is 2.37. The number of para-hydroxylation sites is 1. The average Bonchev–Trinajstić information content (AvgIpc) is 3.24. The number of hydrogen-bond acceptors (Lipinski definition) is 4. The van der Waals surface area contributed by atoms with E-state index < -0.39 is 5.41 Å². The number of carbonyl (C=O) groups excluding carboxylic acids is 1. The van der Waals surface area contributed by atoms with E-state index in [1.165, 1.54) is 5.56 Å². The number of pyridine rings is 1. The zero-order chi connectivity index (χ0) is 22.4. The van der Waals surface area contributed by atoms with Crippen LogP contribution in [0.4, 0.5) is 0 Å². The Morgan fingerprint density at radius 1 is 1.12 bits per heavy atom. The van der Waals surface area contributed by atoms with Crippen LogP contribution in [-0.2, 0) is 17.8 Å². The van der Waals surface area contributed by atoms with Crippen LogP contribution in [-0.4, -0.2) is 42.5 Å². The Labute approximate surface area is 190 Å². The SMILES string of the molecule is CCNC(=O)C1(Cc2cccc(-c3cccnc3)c2)CCN(Cc2ccccc2OC)C1. The summed E-state index contributed by atoms with van der Waals surface area (Å²) in [7, 11) is 1.71. The number of benzene rings is 2. The maximum Gasteiger partial charge on any atom is 0.227 e. The molecule has 0 saturated carbocycles. The van der Waals surface area contributed by atoms with Gasteiger partial charge in [0.2, 0.25) is 5.91 Å². The quantitative estimate of drug-likeness (QED) is 0.579. The van der Waals surface area contributed by atoms with Gasteiger partial charge in [-0.3, -0.25) is 14.7 Å². The molecule has 0 aliphatic carbocycles. The third-order valence-electron chi connectivity index (χ3n) is 6.30. The number of amides is 1. The molecule has 0 radical (unpaired) electrons. The summed E-state index contributed by atoms with van der Waals surface area (Å²) >= 11 is 0. The molecule has 1 atom stereocenters. The van der Waals surface area contributed by atoms with E-state index in [-0.39, 0.29) is 5.91 Å². The van der Waals surface area contributed by atoms with Gasteiger partial charge in [0.15, 0.2) is 0 Å².